The van der Waals surface area contributed by atoms with E-state index in [9.17, 15) is 10.1 Å². The lowest BCUT2D eigenvalue weighted by Crippen LogP contribution is -2.49. The van der Waals surface area contributed by atoms with Gasteiger partial charge in [-0.2, -0.15) is 5.26 Å². The lowest BCUT2D eigenvalue weighted by Gasteiger charge is -2.35. The van der Waals surface area contributed by atoms with Crippen LogP contribution in [0.2, 0.25) is 0 Å². The van der Waals surface area contributed by atoms with Crippen molar-refractivity contribution in [2.24, 2.45) is 0 Å². The van der Waals surface area contributed by atoms with Crippen molar-refractivity contribution in [3.05, 3.63) is 66.0 Å². The number of hydrogen-bond donors (Lipinski definition) is 0. The molecule has 3 aromatic rings. The van der Waals surface area contributed by atoms with Crippen LogP contribution in [-0.2, 0) is 0 Å². The molecule has 1 fully saturated rings. The Hall–Kier alpha value is -3.46. The van der Waals surface area contributed by atoms with Crippen LogP contribution < -0.4 is 4.90 Å². The van der Waals surface area contributed by atoms with Crippen molar-refractivity contribution in [3.63, 3.8) is 0 Å². The van der Waals surface area contributed by atoms with Gasteiger partial charge in [-0.3, -0.25) is 4.79 Å². The third-order valence-corrected chi connectivity index (χ3v) is 4.59. The highest BCUT2D eigenvalue weighted by molar-refractivity contribution is 5.95. The zero-order valence-corrected chi connectivity index (χ0v) is 14.2. The molecule has 1 amide bonds. The first kappa shape index (κ1) is 16.0. The first-order valence-electron chi connectivity index (χ1n) is 8.51. The van der Waals surface area contributed by atoms with Gasteiger partial charge in [0.25, 0.3) is 5.91 Å². The van der Waals surface area contributed by atoms with Crippen LogP contribution in [0.1, 0.15) is 16.1 Å². The van der Waals surface area contributed by atoms with Gasteiger partial charge in [0.1, 0.15) is 17.6 Å². The van der Waals surface area contributed by atoms with Crippen molar-refractivity contribution in [2.45, 2.75) is 0 Å². The molecule has 26 heavy (non-hydrogen) atoms. The number of rotatable bonds is 2. The molecule has 4 rings (SSSR count). The minimum Gasteiger partial charge on any atom is -0.352 e. The monoisotopic (exact) mass is 343 g/mol. The lowest BCUT2D eigenvalue weighted by molar-refractivity contribution is 0.0741. The number of amides is 1. The Morgan fingerprint density at radius 3 is 2.62 bits per heavy atom. The van der Waals surface area contributed by atoms with Gasteiger partial charge in [0, 0.05) is 37.8 Å². The zero-order valence-electron chi connectivity index (χ0n) is 14.2. The largest absolute Gasteiger partial charge is 0.352 e. The number of pyridine rings is 2. The summed E-state index contributed by atoms with van der Waals surface area (Å²) in [6, 6.07) is 17.2. The van der Waals surface area contributed by atoms with E-state index >= 15 is 0 Å². The zero-order chi connectivity index (χ0) is 17.9. The normalized spacial score (nSPS) is 14.3. The van der Waals surface area contributed by atoms with Crippen molar-refractivity contribution in [1.29, 1.82) is 5.26 Å². The van der Waals surface area contributed by atoms with Gasteiger partial charge in [0.2, 0.25) is 0 Å². The predicted molar refractivity (Wildman–Crippen MR) is 98.8 cm³/mol. The molecule has 2 aromatic heterocycles. The SMILES string of the molecule is N#Cc1cccnc1N1CCN(C(=O)c2ccc3ccccc3n2)CC1. The second-order valence-corrected chi connectivity index (χ2v) is 6.15. The van der Waals surface area contributed by atoms with Gasteiger partial charge < -0.3 is 9.80 Å². The first-order valence-corrected chi connectivity index (χ1v) is 8.51. The maximum atomic E-state index is 12.8. The fourth-order valence-electron chi connectivity index (χ4n) is 3.20. The van der Waals surface area contributed by atoms with Gasteiger partial charge in [0.15, 0.2) is 0 Å². The Balaban J connectivity index is 1.48. The highest BCUT2D eigenvalue weighted by atomic mass is 16.2. The number of benzene rings is 1. The summed E-state index contributed by atoms with van der Waals surface area (Å²) in [5, 5.41) is 10.3. The van der Waals surface area contributed by atoms with Gasteiger partial charge >= 0.3 is 0 Å². The standard InChI is InChI=1S/C20H17N5O/c21-14-16-5-3-9-22-19(16)24-10-12-25(13-11-24)20(26)18-8-7-15-4-1-2-6-17(15)23-18/h1-9H,10-13H2. The highest BCUT2D eigenvalue weighted by Gasteiger charge is 2.24. The number of hydrogen-bond acceptors (Lipinski definition) is 5. The van der Waals surface area contributed by atoms with Crippen molar-refractivity contribution in [3.8, 4) is 6.07 Å². The highest BCUT2D eigenvalue weighted by Crippen LogP contribution is 2.19. The predicted octanol–water partition coefficient (Wildman–Crippen LogP) is 2.46. The average Bonchev–Trinajstić information content (AvgIpc) is 2.73. The van der Waals surface area contributed by atoms with E-state index in [-0.39, 0.29) is 5.91 Å². The molecule has 0 aliphatic carbocycles. The van der Waals surface area contributed by atoms with Crippen LogP contribution in [0, 0.1) is 11.3 Å². The molecule has 6 nitrogen and oxygen atoms in total. The van der Waals surface area contributed by atoms with Crippen LogP contribution in [-0.4, -0.2) is 47.0 Å². The number of nitrogens with zero attached hydrogens (tertiary/aromatic N) is 5. The number of anilines is 1. The molecule has 1 aliphatic heterocycles. The molecule has 3 heterocycles. The van der Waals surface area contributed by atoms with E-state index in [0.29, 0.717) is 43.3 Å². The molecule has 0 unspecified atom stereocenters. The van der Waals surface area contributed by atoms with Crippen LogP contribution in [0.4, 0.5) is 5.82 Å². The average molecular weight is 343 g/mol. The van der Waals surface area contributed by atoms with E-state index in [2.05, 4.69) is 20.9 Å². The molecule has 0 radical (unpaired) electrons. The van der Waals surface area contributed by atoms with Crippen LogP contribution >= 0.6 is 0 Å². The topological polar surface area (TPSA) is 73.1 Å². The van der Waals surface area contributed by atoms with Crippen molar-refractivity contribution in [2.75, 3.05) is 31.1 Å². The maximum Gasteiger partial charge on any atom is 0.272 e. The van der Waals surface area contributed by atoms with E-state index in [1.165, 1.54) is 0 Å². The second kappa shape index (κ2) is 6.81. The van der Waals surface area contributed by atoms with E-state index in [0.717, 1.165) is 10.9 Å². The fraction of sp³-hybridized carbons (Fsp3) is 0.200. The summed E-state index contributed by atoms with van der Waals surface area (Å²) in [5.41, 5.74) is 1.85. The van der Waals surface area contributed by atoms with Gasteiger partial charge in [0.05, 0.1) is 11.1 Å². The summed E-state index contributed by atoms with van der Waals surface area (Å²) in [7, 11) is 0. The number of fused-ring (bicyclic) bond motifs is 1. The molecule has 0 bridgehead atoms. The Bertz CT molecular complexity index is 1000. The molecule has 6 heteroatoms. The molecular weight excluding hydrogens is 326 g/mol. The molecule has 128 valence electrons. The molecule has 1 aromatic carbocycles. The van der Waals surface area contributed by atoms with Crippen LogP contribution in [0.25, 0.3) is 10.9 Å². The number of nitriles is 1. The summed E-state index contributed by atoms with van der Waals surface area (Å²) in [5.74, 6) is 0.628. The Morgan fingerprint density at radius 1 is 1.00 bits per heavy atom. The maximum absolute atomic E-state index is 12.8. The van der Waals surface area contributed by atoms with Crippen LogP contribution in [0.15, 0.2) is 54.7 Å². The first-order chi connectivity index (χ1) is 12.8. The minimum absolute atomic E-state index is 0.0584. The summed E-state index contributed by atoms with van der Waals surface area (Å²) in [6.45, 7) is 2.44. The molecule has 0 N–H and O–H groups in total. The van der Waals surface area contributed by atoms with E-state index in [1.54, 1.807) is 24.4 Å². The van der Waals surface area contributed by atoms with E-state index in [4.69, 9.17) is 0 Å². The third-order valence-electron chi connectivity index (χ3n) is 4.59. The second-order valence-electron chi connectivity index (χ2n) is 6.15. The van der Waals surface area contributed by atoms with Gasteiger partial charge in [-0.05, 0) is 24.3 Å². The summed E-state index contributed by atoms with van der Waals surface area (Å²) in [6.07, 6.45) is 1.69. The van der Waals surface area contributed by atoms with Crippen LogP contribution in [0.5, 0.6) is 0 Å². The molecular formula is C20H17N5O. The molecule has 0 spiro atoms. The van der Waals surface area contributed by atoms with Crippen LogP contribution in [0.3, 0.4) is 0 Å². The molecule has 1 saturated heterocycles. The molecule has 0 saturated carbocycles. The van der Waals surface area contributed by atoms with Crippen molar-refractivity contribution < 1.29 is 4.79 Å². The summed E-state index contributed by atoms with van der Waals surface area (Å²) < 4.78 is 0. The van der Waals surface area contributed by atoms with Crippen molar-refractivity contribution in [1.82, 2.24) is 14.9 Å². The molecule has 0 atom stereocenters. The molecule has 1 aliphatic rings. The minimum atomic E-state index is -0.0584. The Morgan fingerprint density at radius 2 is 1.81 bits per heavy atom. The Labute approximate surface area is 151 Å². The lowest BCUT2D eigenvalue weighted by atomic mass is 10.2. The number of carbonyl (C=O) groups excluding carboxylic acids is 1. The van der Waals surface area contributed by atoms with E-state index in [1.807, 2.05) is 35.2 Å². The van der Waals surface area contributed by atoms with Gasteiger partial charge in [-0.1, -0.05) is 24.3 Å². The Kier molecular flexibility index (Phi) is 4.20. The smallest absolute Gasteiger partial charge is 0.272 e. The third kappa shape index (κ3) is 2.95. The number of piperazine rings is 1. The number of aromatic nitrogens is 2. The number of carbonyl (C=O) groups is 1. The van der Waals surface area contributed by atoms with Gasteiger partial charge in [-0.15, -0.1) is 0 Å². The van der Waals surface area contributed by atoms with Gasteiger partial charge in [-0.25, -0.2) is 9.97 Å². The van der Waals surface area contributed by atoms with Crippen molar-refractivity contribution >= 4 is 22.6 Å². The summed E-state index contributed by atoms with van der Waals surface area (Å²) >= 11 is 0. The fourth-order valence-corrected chi connectivity index (χ4v) is 3.20. The number of para-hydroxylation sites is 1. The summed E-state index contributed by atoms with van der Waals surface area (Å²) in [4.78, 5) is 25.5. The van der Waals surface area contributed by atoms with E-state index < -0.39 is 0 Å². The quantitative estimate of drug-likeness (QED) is 0.715.